The van der Waals surface area contributed by atoms with E-state index in [-0.39, 0.29) is 18.8 Å². The highest BCUT2D eigenvalue weighted by molar-refractivity contribution is 5.76. The molecule has 0 saturated carbocycles. The third-order valence-electron chi connectivity index (χ3n) is 2.86. The van der Waals surface area contributed by atoms with Crippen LogP contribution < -0.4 is 5.32 Å². The van der Waals surface area contributed by atoms with Gasteiger partial charge in [0.15, 0.2) is 0 Å². The van der Waals surface area contributed by atoms with Crippen LogP contribution in [0.5, 0.6) is 0 Å². The number of amides is 1. The number of aromatic nitrogens is 2. The summed E-state index contributed by atoms with van der Waals surface area (Å²) in [7, 11) is 0. The molecule has 0 radical (unpaired) electrons. The van der Waals surface area contributed by atoms with Crippen LogP contribution in [0.25, 0.3) is 0 Å². The summed E-state index contributed by atoms with van der Waals surface area (Å²) in [6.45, 7) is -0.397. The predicted octanol–water partition coefficient (Wildman–Crippen LogP) is 0.641. The first-order valence-electron chi connectivity index (χ1n) is 6.22. The molecule has 1 aromatic heterocycles. The second-order valence-corrected chi connectivity index (χ2v) is 4.37. The Labute approximate surface area is 120 Å². The zero-order valence-electron chi connectivity index (χ0n) is 11.0. The Morgan fingerprint density at radius 2 is 2.14 bits per heavy atom. The van der Waals surface area contributed by atoms with Gasteiger partial charge in [-0.1, -0.05) is 30.3 Å². The van der Waals surface area contributed by atoms with E-state index in [4.69, 9.17) is 0 Å². The van der Waals surface area contributed by atoms with Crippen molar-refractivity contribution in [2.24, 2.45) is 0 Å². The first kappa shape index (κ1) is 14.7. The molecular weight excluding hydrogens is 276 g/mol. The lowest BCUT2D eigenvalue weighted by molar-refractivity contribution is -0.385. The number of aliphatic hydroxyl groups excluding tert-OH is 1. The lowest BCUT2D eigenvalue weighted by Gasteiger charge is -2.16. The van der Waals surface area contributed by atoms with Crippen LogP contribution in [0.15, 0.2) is 42.7 Å². The van der Waals surface area contributed by atoms with Crippen molar-refractivity contribution in [2.75, 3.05) is 6.61 Å². The smallest absolute Gasteiger partial charge is 0.307 e. The quantitative estimate of drug-likeness (QED) is 0.599. The van der Waals surface area contributed by atoms with Crippen molar-refractivity contribution >= 4 is 11.6 Å². The molecule has 1 atom stereocenters. The van der Waals surface area contributed by atoms with Crippen LogP contribution in [0.1, 0.15) is 11.6 Å². The van der Waals surface area contributed by atoms with Crippen LogP contribution in [0, 0.1) is 10.1 Å². The van der Waals surface area contributed by atoms with E-state index in [1.54, 1.807) is 24.3 Å². The maximum absolute atomic E-state index is 11.9. The highest BCUT2D eigenvalue weighted by atomic mass is 16.6. The molecule has 0 fully saturated rings. The van der Waals surface area contributed by atoms with E-state index in [0.717, 1.165) is 11.8 Å². The number of hydrogen-bond donors (Lipinski definition) is 2. The molecule has 0 aliphatic carbocycles. The summed E-state index contributed by atoms with van der Waals surface area (Å²) in [5, 5.41) is 26.3. The average Bonchev–Trinajstić information content (AvgIpc) is 2.94. The molecular formula is C13H14N4O4. The summed E-state index contributed by atoms with van der Waals surface area (Å²) in [5.41, 5.74) is 0.601. The number of benzene rings is 1. The Bertz CT molecular complexity index is 626. The van der Waals surface area contributed by atoms with Gasteiger partial charge >= 0.3 is 5.69 Å². The number of carbonyl (C=O) groups is 1. The van der Waals surface area contributed by atoms with E-state index in [0.29, 0.717) is 0 Å². The van der Waals surface area contributed by atoms with Crippen molar-refractivity contribution in [1.82, 2.24) is 15.1 Å². The third kappa shape index (κ3) is 3.86. The van der Waals surface area contributed by atoms with Gasteiger partial charge < -0.3 is 10.4 Å². The monoisotopic (exact) mass is 290 g/mol. The molecule has 1 heterocycles. The van der Waals surface area contributed by atoms with Gasteiger partial charge in [-0.2, -0.15) is 5.10 Å². The molecule has 21 heavy (non-hydrogen) atoms. The number of hydrogen-bond acceptors (Lipinski definition) is 5. The van der Waals surface area contributed by atoms with Gasteiger partial charge in [0.25, 0.3) is 0 Å². The van der Waals surface area contributed by atoms with Crippen molar-refractivity contribution in [3.05, 3.63) is 58.4 Å². The molecule has 0 bridgehead atoms. The summed E-state index contributed by atoms with van der Waals surface area (Å²) < 4.78 is 1.17. The fourth-order valence-corrected chi connectivity index (χ4v) is 1.84. The van der Waals surface area contributed by atoms with Crippen molar-refractivity contribution in [1.29, 1.82) is 0 Å². The van der Waals surface area contributed by atoms with Crippen LogP contribution in [-0.2, 0) is 11.3 Å². The van der Waals surface area contributed by atoms with E-state index >= 15 is 0 Å². The first-order valence-corrected chi connectivity index (χ1v) is 6.22. The summed E-state index contributed by atoms with van der Waals surface area (Å²) >= 11 is 0. The third-order valence-corrected chi connectivity index (χ3v) is 2.86. The molecule has 1 aromatic carbocycles. The molecule has 2 N–H and O–H groups in total. The molecule has 0 aliphatic heterocycles. The summed E-state index contributed by atoms with van der Waals surface area (Å²) in [6, 6.07) is 8.51. The lowest BCUT2D eigenvalue weighted by atomic mass is 10.1. The predicted molar refractivity (Wildman–Crippen MR) is 73.3 cm³/mol. The van der Waals surface area contributed by atoms with Gasteiger partial charge in [-0.25, -0.2) is 0 Å². The number of nitrogens with zero attached hydrogens (tertiary/aromatic N) is 3. The topological polar surface area (TPSA) is 110 Å². The van der Waals surface area contributed by atoms with Gasteiger partial charge in [-0.3, -0.25) is 19.6 Å². The van der Waals surface area contributed by atoms with E-state index in [1.165, 1.54) is 10.9 Å². The standard InChI is InChI=1S/C13H14N4O4/c18-9-12(10-4-2-1-3-5-10)15-13(19)8-16-7-11(6-14-16)17(20)21/h1-7,12,18H,8-9H2,(H,15,19)/t12-/m0/s1. The van der Waals surface area contributed by atoms with Crippen LogP contribution in [0.2, 0.25) is 0 Å². The van der Waals surface area contributed by atoms with E-state index < -0.39 is 16.9 Å². The Morgan fingerprint density at radius 1 is 1.43 bits per heavy atom. The SMILES string of the molecule is O=C(Cn1cc([N+](=O)[O-])cn1)N[C@@H](CO)c1ccccc1. The molecule has 2 aromatic rings. The average molecular weight is 290 g/mol. The zero-order chi connectivity index (χ0) is 15.2. The van der Waals surface area contributed by atoms with E-state index in [1.807, 2.05) is 6.07 Å². The van der Waals surface area contributed by atoms with Gasteiger partial charge in [0, 0.05) is 0 Å². The normalized spacial score (nSPS) is 11.9. The molecule has 2 rings (SSSR count). The van der Waals surface area contributed by atoms with Crippen molar-refractivity contribution in [3.8, 4) is 0 Å². The lowest BCUT2D eigenvalue weighted by Crippen LogP contribution is -2.33. The summed E-state index contributed by atoms with van der Waals surface area (Å²) in [6.07, 6.45) is 2.25. The maximum atomic E-state index is 11.9. The highest BCUT2D eigenvalue weighted by Crippen LogP contribution is 2.12. The fourth-order valence-electron chi connectivity index (χ4n) is 1.84. The fraction of sp³-hybridized carbons (Fsp3) is 0.231. The number of nitrogens with one attached hydrogen (secondary N) is 1. The molecule has 8 nitrogen and oxygen atoms in total. The molecule has 0 aliphatic rings. The van der Waals surface area contributed by atoms with Gasteiger partial charge in [0.1, 0.15) is 18.9 Å². The second kappa shape index (κ2) is 6.62. The molecule has 0 spiro atoms. The minimum atomic E-state index is -0.581. The Kier molecular flexibility index (Phi) is 4.62. The maximum Gasteiger partial charge on any atom is 0.307 e. The summed E-state index contributed by atoms with van der Waals surface area (Å²) in [5.74, 6) is -0.393. The largest absolute Gasteiger partial charge is 0.394 e. The van der Waals surface area contributed by atoms with Crippen molar-refractivity contribution < 1.29 is 14.8 Å². The number of aliphatic hydroxyl groups is 1. The van der Waals surface area contributed by atoms with Crippen LogP contribution >= 0.6 is 0 Å². The zero-order valence-corrected chi connectivity index (χ0v) is 11.0. The number of nitro groups is 1. The minimum absolute atomic E-state index is 0.156. The van der Waals surface area contributed by atoms with E-state index in [9.17, 15) is 20.0 Å². The van der Waals surface area contributed by atoms with Crippen molar-refractivity contribution in [3.63, 3.8) is 0 Å². The van der Waals surface area contributed by atoms with Crippen LogP contribution in [-0.4, -0.2) is 32.3 Å². The second-order valence-electron chi connectivity index (χ2n) is 4.37. The van der Waals surface area contributed by atoms with E-state index in [2.05, 4.69) is 10.4 Å². The van der Waals surface area contributed by atoms with Gasteiger partial charge in [-0.05, 0) is 5.56 Å². The Morgan fingerprint density at radius 3 is 2.71 bits per heavy atom. The number of rotatable bonds is 6. The molecule has 110 valence electrons. The molecule has 1 amide bonds. The highest BCUT2D eigenvalue weighted by Gasteiger charge is 2.15. The van der Waals surface area contributed by atoms with Gasteiger partial charge in [-0.15, -0.1) is 0 Å². The van der Waals surface area contributed by atoms with Crippen LogP contribution in [0.3, 0.4) is 0 Å². The minimum Gasteiger partial charge on any atom is -0.394 e. The number of carbonyl (C=O) groups excluding carboxylic acids is 1. The van der Waals surface area contributed by atoms with Crippen molar-refractivity contribution in [2.45, 2.75) is 12.6 Å². The van der Waals surface area contributed by atoms with Crippen LogP contribution in [0.4, 0.5) is 5.69 Å². The van der Waals surface area contributed by atoms with Gasteiger partial charge in [0.2, 0.25) is 5.91 Å². The molecule has 0 unspecified atom stereocenters. The molecule has 0 saturated heterocycles. The Balaban J connectivity index is 1.98. The first-order chi connectivity index (χ1) is 10.1. The van der Waals surface area contributed by atoms with Gasteiger partial charge in [0.05, 0.1) is 17.6 Å². The summed E-state index contributed by atoms with van der Waals surface area (Å²) in [4.78, 5) is 21.8. The Hall–Kier alpha value is -2.74. The molecule has 8 heteroatoms.